The number of hydrogen-bond donors (Lipinski definition) is 4. The van der Waals surface area contributed by atoms with Crippen molar-refractivity contribution in [2.45, 2.75) is 43.5 Å². The van der Waals surface area contributed by atoms with Gasteiger partial charge in [0.25, 0.3) is 0 Å². The van der Waals surface area contributed by atoms with Gasteiger partial charge >= 0.3 is 0 Å². The molecule has 1 heterocycles. The van der Waals surface area contributed by atoms with E-state index < -0.39 is 24.4 Å². The van der Waals surface area contributed by atoms with Gasteiger partial charge in [-0.25, -0.2) is 4.98 Å². The Hall–Kier alpha value is -0.990. The fraction of sp³-hybridized carbons (Fsp3) is 0.700. The summed E-state index contributed by atoms with van der Waals surface area (Å²) in [5.74, 6) is 0. The van der Waals surface area contributed by atoms with E-state index in [4.69, 9.17) is 16.2 Å². The first kappa shape index (κ1) is 12.5. The fourth-order valence-corrected chi connectivity index (χ4v) is 2.05. The quantitative estimate of drug-likeness (QED) is 0.487. The van der Waals surface area contributed by atoms with Crippen LogP contribution in [-0.2, 0) is 11.5 Å². The topological polar surface area (TPSA) is 120 Å². The first-order valence-corrected chi connectivity index (χ1v) is 5.54. The Morgan fingerprint density at radius 2 is 2.06 bits per heavy atom. The van der Waals surface area contributed by atoms with Crippen molar-refractivity contribution in [3.05, 3.63) is 18.7 Å². The maximum Gasteiger partial charge on any atom is 0.124 e. The van der Waals surface area contributed by atoms with Crippen molar-refractivity contribution in [2.24, 2.45) is 11.5 Å². The highest BCUT2D eigenvalue weighted by atomic mass is 16.5. The Morgan fingerprint density at radius 1 is 1.29 bits per heavy atom. The summed E-state index contributed by atoms with van der Waals surface area (Å²) in [5, 5.41) is 19.5. The van der Waals surface area contributed by atoms with Gasteiger partial charge in [0.2, 0.25) is 0 Å². The van der Waals surface area contributed by atoms with Crippen LogP contribution in [0.25, 0.3) is 0 Å². The summed E-state index contributed by atoms with van der Waals surface area (Å²) in [4.78, 5) is 3.87. The van der Waals surface area contributed by atoms with E-state index >= 15 is 0 Å². The second-order valence-electron chi connectivity index (χ2n) is 4.38. The van der Waals surface area contributed by atoms with Crippen molar-refractivity contribution in [1.29, 1.82) is 0 Å². The predicted molar refractivity (Wildman–Crippen MR) is 59.7 cm³/mol. The van der Waals surface area contributed by atoms with Crippen LogP contribution in [-0.4, -0.2) is 50.2 Å². The standard InChI is InChI=1S/C10H18N4O3/c11-6-3-7(12)10(9(16)8(6)15)17-5-14-2-1-13-4-14/h1-2,4,6-10,15-16H,3,5,11-12H2/t6-,7+,8+,9-,10-/m0/s1. The van der Waals surface area contributed by atoms with E-state index in [0.717, 1.165) is 0 Å². The minimum absolute atomic E-state index is 0.234. The van der Waals surface area contributed by atoms with Gasteiger partial charge in [0.05, 0.1) is 12.4 Å². The average Bonchev–Trinajstić information content (AvgIpc) is 2.79. The summed E-state index contributed by atoms with van der Waals surface area (Å²) < 4.78 is 7.21. The molecular weight excluding hydrogens is 224 g/mol. The maximum atomic E-state index is 9.85. The second-order valence-corrected chi connectivity index (χ2v) is 4.38. The number of imidazole rings is 1. The molecule has 1 aliphatic carbocycles. The molecule has 7 heteroatoms. The number of nitrogens with zero attached hydrogens (tertiary/aromatic N) is 2. The van der Waals surface area contributed by atoms with Crippen LogP contribution in [0.15, 0.2) is 18.7 Å². The Bertz CT molecular complexity index is 345. The summed E-state index contributed by atoms with van der Waals surface area (Å²) in [6.45, 7) is 0.234. The van der Waals surface area contributed by atoms with Crippen LogP contribution in [0.5, 0.6) is 0 Å². The highest BCUT2D eigenvalue weighted by Gasteiger charge is 2.41. The third kappa shape index (κ3) is 2.64. The monoisotopic (exact) mass is 242 g/mol. The van der Waals surface area contributed by atoms with Gasteiger partial charge in [-0.15, -0.1) is 0 Å². The molecule has 1 fully saturated rings. The van der Waals surface area contributed by atoms with Crippen LogP contribution in [0.4, 0.5) is 0 Å². The smallest absolute Gasteiger partial charge is 0.124 e. The average molecular weight is 242 g/mol. The van der Waals surface area contributed by atoms with E-state index in [-0.39, 0.29) is 12.8 Å². The summed E-state index contributed by atoms with van der Waals surface area (Å²) in [7, 11) is 0. The molecule has 0 amide bonds. The predicted octanol–water partition coefficient (Wildman–Crippen LogP) is -1.99. The Kier molecular flexibility index (Phi) is 3.75. The normalized spacial score (nSPS) is 38.2. The van der Waals surface area contributed by atoms with Gasteiger partial charge in [0, 0.05) is 24.5 Å². The Balaban J connectivity index is 1.94. The number of aliphatic hydroxyl groups is 2. The Labute approximate surface area is 99.0 Å². The first-order chi connectivity index (χ1) is 8.09. The first-order valence-electron chi connectivity index (χ1n) is 5.54. The largest absolute Gasteiger partial charge is 0.389 e. The molecule has 1 aromatic rings. The molecule has 0 aliphatic heterocycles. The maximum absolute atomic E-state index is 9.85. The molecule has 0 saturated heterocycles. The van der Waals surface area contributed by atoms with Crippen molar-refractivity contribution in [1.82, 2.24) is 9.55 Å². The molecule has 96 valence electrons. The molecule has 1 aromatic heterocycles. The molecule has 0 radical (unpaired) electrons. The highest BCUT2D eigenvalue weighted by molar-refractivity contribution is 4.97. The van der Waals surface area contributed by atoms with Crippen molar-refractivity contribution >= 4 is 0 Å². The SMILES string of the molecule is N[C@@H]1C[C@H](N)[C@@H](O)[C@H](O)[C@H]1OCn1ccnc1. The molecule has 0 aromatic carbocycles. The minimum atomic E-state index is -1.06. The molecule has 2 rings (SSSR count). The van der Waals surface area contributed by atoms with Crippen LogP contribution < -0.4 is 11.5 Å². The number of ether oxygens (including phenoxy) is 1. The van der Waals surface area contributed by atoms with Crippen molar-refractivity contribution in [3.8, 4) is 0 Å². The van der Waals surface area contributed by atoms with Crippen molar-refractivity contribution in [2.75, 3.05) is 0 Å². The number of aliphatic hydroxyl groups excluding tert-OH is 2. The molecule has 0 unspecified atom stereocenters. The minimum Gasteiger partial charge on any atom is -0.389 e. The zero-order chi connectivity index (χ0) is 12.4. The molecule has 0 spiro atoms. The molecule has 0 bridgehead atoms. The lowest BCUT2D eigenvalue weighted by atomic mass is 9.85. The molecular formula is C10H18N4O3. The number of hydrogen-bond acceptors (Lipinski definition) is 6. The second kappa shape index (κ2) is 5.11. The van der Waals surface area contributed by atoms with Gasteiger partial charge in [0.15, 0.2) is 0 Å². The summed E-state index contributed by atoms with van der Waals surface area (Å²) >= 11 is 0. The van der Waals surface area contributed by atoms with Crippen LogP contribution >= 0.6 is 0 Å². The zero-order valence-corrected chi connectivity index (χ0v) is 9.38. The molecule has 17 heavy (non-hydrogen) atoms. The number of rotatable bonds is 3. The molecule has 7 nitrogen and oxygen atoms in total. The third-order valence-corrected chi connectivity index (χ3v) is 3.07. The lowest BCUT2D eigenvalue weighted by Crippen LogP contribution is -2.62. The van der Waals surface area contributed by atoms with Crippen molar-refractivity contribution in [3.63, 3.8) is 0 Å². The molecule has 1 saturated carbocycles. The summed E-state index contributed by atoms with van der Waals surface area (Å²) in [6, 6.07) is -0.889. The summed E-state index contributed by atoms with van der Waals surface area (Å²) in [6.07, 6.45) is 2.72. The van der Waals surface area contributed by atoms with Gasteiger partial charge in [-0.05, 0) is 6.42 Å². The van der Waals surface area contributed by atoms with E-state index in [9.17, 15) is 10.2 Å². The number of aromatic nitrogens is 2. The van der Waals surface area contributed by atoms with E-state index in [2.05, 4.69) is 4.98 Å². The van der Waals surface area contributed by atoms with E-state index in [1.54, 1.807) is 23.3 Å². The van der Waals surface area contributed by atoms with Crippen molar-refractivity contribution < 1.29 is 14.9 Å². The zero-order valence-electron chi connectivity index (χ0n) is 9.38. The molecule has 5 atom stereocenters. The van der Waals surface area contributed by atoms with E-state index in [0.29, 0.717) is 6.42 Å². The van der Waals surface area contributed by atoms with Gasteiger partial charge in [-0.3, -0.25) is 0 Å². The molecule has 1 aliphatic rings. The lowest BCUT2D eigenvalue weighted by molar-refractivity contribution is -0.141. The van der Waals surface area contributed by atoms with Gasteiger partial charge in [-0.1, -0.05) is 0 Å². The van der Waals surface area contributed by atoms with Crippen LogP contribution in [0.3, 0.4) is 0 Å². The molecule has 6 N–H and O–H groups in total. The van der Waals surface area contributed by atoms with Crippen LogP contribution in [0.1, 0.15) is 6.42 Å². The van der Waals surface area contributed by atoms with E-state index in [1.807, 2.05) is 0 Å². The van der Waals surface area contributed by atoms with Crippen LogP contribution in [0.2, 0.25) is 0 Å². The fourth-order valence-electron chi connectivity index (χ4n) is 2.05. The highest BCUT2D eigenvalue weighted by Crippen LogP contribution is 2.21. The van der Waals surface area contributed by atoms with Gasteiger partial charge < -0.3 is 31.0 Å². The summed E-state index contributed by atoms with van der Waals surface area (Å²) in [5.41, 5.74) is 11.5. The van der Waals surface area contributed by atoms with E-state index in [1.165, 1.54) is 0 Å². The third-order valence-electron chi connectivity index (χ3n) is 3.07. The van der Waals surface area contributed by atoms with Crippen LogP contribution in [0, 0.1) is 0 Å². The lowest BCUT2D eigenvalue weighted by Gasteiger charge is -2.39. The number of nitrogens with two attached hydrogens (primary N) is 2. The van der Waals surface area contributed by atoms with Gasteiger partial charge in [-0.2, -0.15) is 0 Å². The Morgan fingerprint density at radius 3 is 2.71 bits per heavy atom. The van der Waals surface area contributed by atoms with Gasteiger partial charge in [0.1, 0.15) is 18.9 Å².